The van der Waals surface area contributed by atoms with Crippen LogP contribution < -0.4 is 0 Å². The van der Waals surface area contributed by atoms with E-state index < -0.39 is 11.5 Å². The molecule has 2 saturated heterocycles. The van der Waals surface area contributed by atoms with Crippen LogP contribution in [0, 0.1) is 5.92 Å². The Bertz CT molecular complexity index is 736. The average molecular weight is 401 g/mol. The molecular weight excluding hydrogens is 368 g/mol. The van der Waals surface area contributed by atoms with Crippen molar-refractivity contribution in [2.24, 2.45) is 5.92 Å². The zero-order valence-corrected chi connectivity index (χ0v) is 17.7. The first-order chi connectivity index (χ1) is 13.9. The molecule has 2 aliphatic heterocycles. The highest BCUT2D eigenvalue weighted by Crippen LogP contribution is 2.44. The second-order valence-corrected chi connectivity index (χ2v) is 8.33. The van der Waals surface area contributed by atoms with Gasteiger partial charge >= 0.3 is 5.97 Å². The molecular formula is C23H32N2O4. The SMILES string of the molecule is C=CCON1C(=O)C[C@H](C(=O)OC)C12CCN(Cc1ccc(C(C)C)cc1)CC2. The normalized spacial score (nSPS) is 21.7. The summed E-state index contributed by atoms with van der Waals surface area (Å²) in [5.74, 6) is -0.450. The maximum Gasteiger partial charge on any atom is 0.311 e. The van der Waals surface area contributed by atoms with E-state index >= 15 is 0 Å². The van der Waals surface area contributed by atoms with Gasteiger partial charge in [-0.15, -0.1) is 6.58 Å². The molecule has 0 saturated carbocycles. The number of rotatable bonds is 7. The number of benzene rings is 1. The molecule has 1 atom stereocenters. The fraction of sp³-hybridized carbons (Fsp3) is 0.565. The molecule has 6 nitrogen and oxygen atoms in total. The van der Waals surface area contributed by atoms with E-state index in [1.165, 1.54) is 23.3 Å². The number of likely N-dealkylation sites (tertiary alicyclic amines) is 1. The Morgan fingerprint density at radius 1 is 1.28 bits per heavy atom. The number of ether oxygens (including phenoxy) is 1. The van der Waals surface area contributed by atoms with Gasteiger partial charge in [-0.2, -0.15) is 0 Å². The van der Waals surface area contributed by atoms with Gasteiger partial charge in [0.05, 0.1) is 25.2 Å². The number of nitrogens with zero attached hydrogens (tertiary/aromatic N) is 2. The highest BCUT2D eigenvalue weighted by Gasteiger charge is 2.58. The summed E-state index contributed by atoms with van der Waals surface area (Å²) in [6.07, 6.45) is 3.11. The second-order valence-electron chi connectivity index (χ2n) is 8.33. The number of hydrogen-bond donors (Lipinski definition) is 0. The van der Waals surface area contributed by atoms with Gasteiger partial charge < -0.3 is 4.74 Å². The van der Waals surface area contributed by atoms with Crippen LogP contribution in [0.4, 0.5) is 0 Å². The van der Waals surface area contributed by atoms with Gasteiger partial charge in [0.15, 0.2) is 0 Å². The van der Waals surface area contributed by atoms with Crippen LogP contribution in [0.25, 0.3) is 0 Å². The minimum atomic E-state index is -0.634. The van der Waals surface area contributed by atoms with Crippen LogP contribution in [0.3, 0.4) is 0 Å². The summed E-state index contributed by atoms with van der Waals surface area (Å²) in [5, 5.41) is 1.45. The number of esters is 1. The molecule has 3 rings (SSSR count). The van der Waals surface area contributed by atoms with Crippen molar-refractivity contribution in [3.8, 4) is 0 Å². The fourth-order valence-corrected chi connectivity index (χ4v) is 4.53. The number of amides is 1. The number of carbonyl (C=O) groups is 2. The van der Waals surface area contributed by atoms with Crippen LogP contribution in [-0.2, 0) is 25.7 Å². The van der Waals surface area contributed by atoms with Crippen molar-refractivity contribution in [2.45, 2.75) is 51.1 Å². The Morgan fingerprint density at radius 3 is 2.48 bits per heavy atom. The van der Waals surface area contributed by atoms with E-state index in [0.29, 0.717) is 18.8 Å². The zero-order chi connectivity index (χ0) is 21.0. The third-order valence-electron chi connectivity index (χ3n) is 6.24. The first kappa shape index (κ1) is 21.5. The predicted molar refractivity (Wildman–Crippen MR) is 111 cm³/mol. The molecule has 0 unspecified atom stereocenters. The molecule has 2 fully saturated rings. The lowest BCUT2D eigenvalue weighted by molar-refractivity contribution is -0.218. The summed E-state index contributed by atoms with van der Waals surface area (Å²) < 4.78 is 5.01. The Hall–Kier alpha value is -2.18. The predicted octanol–water partition coefficient (Wildman–Crippen LogP) is 3.28. The zero-order valence-electron chi connectivity index (χ0n) is 17.7. The van der Waals surface area contributed by atoms with Crippen LogP contribution in [0.1, 0.15) is 50.2 Å². The van der Waals surface area contributed by atoms with Crippen LogP contribution in [0.5, 0.6) is 0 Å². The third kappa shape index (κ3) is 4.38. The maximum atomic E-state index is 12.6. The Labute approximate surface area is 173 Å². The van der Waals surface area contributed by atoms with Gasteiger partial charge in [0.25, 0.3) is 0 Å². The van der Waals surface area contributed by atoms with E-state index in [0.717, 1.165) is 19.6 Å². The van der Waals surface area contributed by atoms with Gasteiger partial charge in [-0.3, -0.25) is 19.3 Å². The molecule has 1 aromatic carbocycles. The molecule has 1 spiro atoms. The lowest BCUT2D eigenvalue weighted by Crippen LogP contribution is -2.57. The van der Waals surface area contributed by atoms with E-state index in [1.807, 2.05) is 0 Å². The van der Waals surface area contributed by atoms with Crippen LogP contribution in [-0.4, -0.2) is 54.2 Å². The Balaban J connectivity index is 1.71. The van der Waals surface area contributed by atoms with Gasteiger partial charge in [-0.05, 0) is 29.9 Å². The number of methoxy groups -OCH3 is 1. The van der Waals surface area contributed by atoms with Crippen molar-refractivity contribution in [3.63, 3.8) is 0 Å². The van der Waals surface area contributed by atoms with Crippen LogP contribution >= 0.6 is 0 Å². The van der Waals surface area contributed by atoms with E-state index in [2.05, 4.69) is 49.6 Å². The van der Waals surface area contributed by atoms with Gasteiger partial charge in [-0.25, -0.2) is 5.06 Å². The van der Waals surface area contributed by atoms with Gasteiger partial charge in [-0.1, -0.05) is 44.2 Å². The highest BCUT2D eigenvalue weighted by molar-refractivity contribution is 5.88. The number of carbonyl (C=O) groups excluding carboxylic acids is 2. The van der Waals surface area contributed by atoms with Gasteiger partial charge in [0, 0.05) is 26.1 Å². The number of piperidine rings is 1. The van der Waals surface area contributed by atoms with Crippen molar-refractivity contribution in [1.29, 1.82) is 0 Å². The molecule has 29 heavy (non-hydrogen) atoms. The fourth-order valence-electron chi connectivity index (χ4n) is 4.53. The summed E-state index contributed by atoms with van der Waals surface area (Å²) >= 11 is 0. The van der Waals surface area contributed by atoms with E-state index in [9.17, 15) is 9.59 Å². The first-order valence-electron chi connectivity index (χ1n) is 10.4. The third-order valence-corrected chi connectivity index (χ3v) is 6.24. The van der Waals surface area contributed by atoms with Crippen molar-refractivity contribution >= 4 is 11.9 Å². The molecule has 6 heteroatoms. The second kappa shape index (κ2) is 9.09. The largest absolute Gasteiger partial charge is 0.469 e. The summed E-state index contributed by atoms with van der Waals surface area (Å²) in [5.41, 5.74) is 1.98. The lowest BCUT2D eigenvalue weighted by Gasteiger charge is -2.45. The quantitative estimate of drug-likeness (QED) is 0.519. The van der Waals surface area contributed by atoms with E-state index in [4.69, 9.17) is 9.57 Å². The van der Waals surface area contributed by atoms with E-state index in [-0.39, 0.29) is 24.9 Å². The van der Waals surface area contributed by atoms with Crippen molar-refractivity contribution in [1.82, 2.24) is 9.96 Å². The van der Waals surface area contributed by atoms with Crippen LogP contribution in [0.15, 0.2) is 36.9 Å². The molecule has 0 radical (unpaired) electrons. The Morgan fingerprint density at radius 2 is 1.93 bits per heavy atom. The average Bonchev–Trinajstić information content (AvgIpc) is 2.99. The van der Waals surface area contributed by atoms with Crippen molar-refractivity contribution in [2.75, 3.05) is 26.8 Å². The standard InChI is InChI=1S/C23H32N2O4/c1-5-14-29-25-21(26)15-20(22(27)28-4)23(25)10-12-24(13-11-23)16-18-6-8-19(9-7-18)17(2)3/h5-9,17,20H,1,10-16H2,2-4H3/t20-/m1/s1. The van der Waals surface area contributed by atoms with Gasteiger partial charge in [0.1, 0.15) is 0 Å². The minimum Gasteiger partial charge on any atom is -0.469 e. The topological polar surface area (TPSA) is 59.1 Å². The highest BCUT2D eigenvalue weighted by atomic mass is 16.7. The van der Waals surface area contributed by atoms with Crippen molar-refractivity contribution < 1.29 is 19.2 Å². The molecule has 158 valence electrons. The monoisotopic (exact) mass is 400 g/mol. The molecule has 0 bridgehead atoms. The summed E-state index contributed by atoms with van der Waals surface area (Å²) in [6, 6.07) is 8.77. The molecule has 1 amide bonds. The summed E-state index contributed by atoms with van der Waals surface area (Å²) in [6.45, 7) is 10.7. The number of hydrogen-bond acceptors (Lipinski definition) is 5. The van der Waals surface area contributed by atoms with Crippen molar-refractivity contribution in [3.05, 3.63) is 48.0 Å². The summed E-state index contributed by atoms with van der Waals surface area (Å²) in [4.78, 5) is 33.1. The molecule has 2 aliphatic rings. The molecule has 1 aromatic rings. The molecule has 0 aliphatic carbocycles. The minimum absolute atomic E-state index is 0.139. The first-order valence-corrected chi connectivity index (χ1v) is 10.4. The Kier molecular flexibility index (Phi) is 6.75. The number of hydroxylamine groups is 2. The van der Waals surface area contributed by atoms with Crippen LogP contribution in [0.2, 0.25) is 0 Å². The molecule has 2 heterocycles. The van der Waals surface area contributed by atoms with Gasteiger partial charge in [0.2, 0.25) is 5.91 Å². The maximum absolute atomic E-state index is 12.6. The van der Waals surface area contributed by atoms with E-state index in [1.54, 1.807) is 6.08 Å². The summed E-state index contributed by atoms with van der Waals surface area (Å²) in [7, 11) is 1.38. The molecule has 0 aromatic heterocycles. The lowest BCUT2D eigenvalue weighted by atomic mass is 9.77. The molecule has 0 N–H and O–H groups in total. The smallest absolute Gasteiger partial charge is 0.311 e.